The van der Waals surface area contributed by atoms with Gasteiger partial charge in [-0.2, -0.15) is 0 Å². The van der Waals surface area contributed by atoms with E-state index >= 15 is 0 Å². The molecule has 0 radical (unpaired) electrons. The Morgan fingerprint density at radius 2 is 1.73 bits per heavy atom. The molecule has 0 fully saturated rings. The summed E-state index contributed by atoms with van der Waals surface area (Å²) in [5.41, 5.74) is 1.66. The van der Waals surface area contributed by atoms with Crippen molar-refractivity contribution in [1.82, 2.24) is 15.5 Å². The van der Waals surface area contributed by atoms with Gasteiger partial charge in [0.25, 0.3) is 0 Å². The number of halogens is 1. The molecule has 0 bridgehead atoms. The molecule has 6 heteroatoms. The first kappa shape index (κ1) is 16.2. The molecular weight excluding hydrogens is 333 g/mol. The van der Waals surface area contributed by atoms with Gasteiger partial charge in [-0.25, -0.2) is 4.39 Å². The molecule has 2 heterocycles. The summed E-state index contributed by atoms with van der Waals surface area (Å²) in [4.78, 5) is 0. The highest BCUT2D eigenvalue weighted by Crippen LogP contribution is 2.25. The van der Waals surface area contributed by atoms with Crippen LogP contribution >= 0.6 is 0 Å². The van der Waals surface area contributed by atoms with Crippen LogP contribution in [-0.2, 0) is 6.54 Å². The van der Waals surface area contributed by atoms with Crippen LogP contribution in [0.15, 0.2) is 81.8 Å². The van der Waals surface area contributed by atoms with Crippen molar-refractivity contribution in [3.05, 3.63) is 96.0 Å². The van der Waals surface area contributed by atoms with Gasteiger partial charge in [0, 0.05) is 5.56 Å². The Hall–Kier alpha value is -3.25. The maximum Gasteiger partial charge on any atom is 0.247 e. The van der Waals surface area contributed by atoms with E-state index in [4.69, 9.17) is 8.83 Å². The molecule has 0 aliphatic rings. The van der Waals surface area contributed by atoms with E-state index in [1.165, 1.54) is 12.1 Å². The SMILES string of the molecule is Fc1ccc(C(NCc2ccco2)c2nnc(-c3ccccc3)o2)cc1. The summed E-state index contributed by atoms with van der Waals surface area (Å²) in [6.07, 6.45) is 1.62. The van der Waals surface area contributed by atoms with E-state index in [1.54, 1.807) is 18.4 Å². The van der Waals surface area contributed by atoms with E-state index in [0.29, 0.717) is 18.3 Å². The lowest BCUT2D eigenvalue weighted by Crippen LogP contribution is -2.22. The number of furan rings is 1. The average molecular weight is 349 g/mol. The van der Waals surface area contributed by atoms with E-state index in [0.717, 1.165) is 16.9 Å². The minimum atomic E-state index is -0.384. The van der Waals surface area contributed by atoms with Crippen LogP contribution in [-0.4, -0.2) is 10.2 Å². The number of hydrogen-bond donors (Lipinski definition) is 1. The molecule has 0 spiro atoms. The van der Waals surface area contributed by atoms with Gasteiger partial charge < -0.3 is 8.83 Å². The number of nitrogens with zero attached hydrogens (tertiary/aromatic N) is 2. The Kier molecular flexibility index (Phi) is 4.57. The third-order valence-electron chi connectivity index (χ3n) is 3.97. The van der Waals surface area contributed by atoms with Crippen molar-refractivity contribution in [2.75, 3.05) is 0 Å². The molecule has 0 aliphatic carbocycles. The number of nitrogens with one attached hydrogen (secondary N) is 1. The zero-order chi connectivity index (χ0) is 17.8. The summed E-state index contributed by atoms with van der Waals surface area (Å²) >= 11 is 0. The first-order valence-corrected chi connectivity index (χ1v) is 8.19. The Balaban J connectivity index is 1.63. The monoisotopic (exact) mass is 349 g/mol. The highest BCUT2D eigenvalue weighted by molar-refractivity contribution is 5.51. The fourth-order valence-electron chi connectivity index (χ4n) is 2.67. The summed E-state index contributed by atoms with van der Waals surface area (Å²) in [5, 5.41) is 11.7. The summed E-state index contributed by atoms with van der Waals surface area (Å²) in [6.45, 7) is 0.470. The molecule has 4 aromatic rings. The van der Waals surface area contributed by atoms with E-state index in [2.05, 4.69) is 15.5 Å². The van der Waals surface area contributed by atoms with Crippen molar-refractivity contribution < 1.29 is 13.2 Å². The molecule has 5 nitrogen and oxygen atoms in total. The van der Waals surface area contributed by atoms with Gasteiger partial charge in [-0.1, -0.05) is 30.3 Å². The summed E-state index contributed by atoms with van der Waals surface area (Å²) in [5.74, 6) is 1.32. The molecule has 4 rings (SSSR count). The van der Waals surface area contributed by atoms with Crippen LogP contribution in [0.3, 0.4) is 0 Å². The zero-order valence-electron chi connectivity index (χ0n) is 13.8. The Labute approximate surface area is 149 Å². The highest BCUT2D eigenvalue weighted by Gasteiger charge is 2.21. The van der Waals surface area contributed by atoms with Crippen LogP contribution in [0.1, 0.15) is 23.3 Å². The van der Waals surface area contributed by atoms with Gasteiger partial charge >= 0.3 is 0 Å². The minimum Gasteiger partial charge on any atom is -0.468 e. The molecule has 0 saturated heterocycles. The number of benzene rings is 2. The fourth-order valence-corrected chi connectivity index (χ4v) is 2.67. The van der Waals surface area contributed by atoms with Crippen molar-refractivity contribution >= 4 is 0 Å². The average Bonchev–Trinajstić information content (AvgIpc) is 3.36. The predicted molar refractivity (Wildman–Crippen MR) is 93.5 cm³/mol. The van der Waals surface area contributed by atoms with Gasteiger partial charge in [-0.05, 0) is 42.0 Å². The van der Waals surface area contributed by atoms with Gasteiger partial charge in [-0.3, -0.25) is 5.32 Å². The van der Waals surface area contributed by atoms with Gasteiger partial charge in [0.2, 0.25) is 11.8 Å². The Morgan fingerprint density at radius 1 is 0.923 bits per heavy atom. The second-order valence-corrected chi connectivity index (χ2v) is 5.76. The summed E-state index contributed by atoms with van der Waals surface area (Å²) in [7, 11) is 0. The summed E-state index contributed by atoms with van der Waals surface area (Å²) in [6, 6.07) is 19.1. The Morgan fingerprint density at radius 3 is 2.46 bits per heavy atom. The Bertz CT molecular complexity index is 950. The maximum absolute atomic E-state index is 13.3. The van der Waals surface area contributed by atoms with Crippen LogP contribution in [0.5, 0.6) is 0 Å². The molecule has 130 valence electrons. The van der Waals surface area contributed by atoms with Gasteiger partial charge in [0.05, 0.1) is 12.8 Å². The first-order chi connectivity index (χ1) is 12.8. The van der Waals surface area contributed by atoms with E-state index in [9.17, 15) is 4.39 Å². The minimum absolute atomic E-state index is 0.297. The fraction of sp³-hybridized carbons (Fsp3) is 0.100. The molecule has 26 heavy (non-hydrogen) atoms. The molecular formula is C20H16FN3O2. The van der Waals surface area contributed by atoms with E-state index < -0.39 is 0 Å². The van der Waals surface area contributed by atoms with Crippen molar-refractivity contribution in [1.29, 1.82) is 0 Å². The molecule has 1 N–H and O–H groups in total. The number of hydrogen-bond acceptors (Lipinski definition) is 5. The lowest BCUT2D eigenvalue weighted by atomic mass is 10.1. The van der Waals surface area contributed by atoms with Crippen molar-refractivity contribution in [2.24, 2.45) is 0 Å². The van der Waals surface area contributed by atoms with Crippen molar-refractivity contribution in [2.45, 2.75) is 12.6 Å². The number of aromatic nitrogens is 2. The molecule has 2 aromatic heterocycles. The molecule has 2 aromatic carbocycles. The molecule has 0 aliphatic heterocycles. The second-order valence-electron chi connectivity index (χ2n) is 5.76. The quantitative estimate of drug-likeness (QED) is 0.561. The standard InChI is InChI=1S/C20H16FN3O2/c21-16-10-8-14(9-11-16)18(22-13-17-7-4-12-25-17)20-24-23-19(26-20)15-5-2-1-3-6-15/h1-12,18,22H,13H2. The van der Waals surface area contributed by atoms with Crippen LogP contribution in [0, 0.1) is 5.82 Å². The highest BCUT2D eigenvalue weighted by atomic mass is 19.1. The lowest BCUT2D eigenvalue weighted by Gasteiger charge is -2.15. The molecule has 1 unspecified atom stereocenters. The predicted octanol–water partition coefficient (Wildman–Crippen LogP) is 4.35. The number of rotatable bonds is 6. The van der Waals surface area contributed by atoms with Crippen molar-refractivity contribution in [3.63, 3.8) is 0 Å². The largest absolute Gasteiger partial charge is 0.468 e. The van der Waals surface area contributed by atoms with Gasteiger partial charge in [0.15, 0.2) is 0 Å². The summed E-state index contributed by atoms with van der Waals surface area (Å²) < 4.78 is 24.5. The van der Waals surface area contributed by atoms with Crippen LogP contribution in [0.25, 0.3) is 11.5 Å². The first-order valence-electron chi connectivity index (χ1n) is 8.19. The smallest absolute Gasteiger partial charge is 0.247 e. The topological polar surface area (TPSA) is 64.1 Å². The third kappa shape index (κ3) is 3.55. The molecule has 1 atom stereocenters. The molecule has 0 saturated carbocycles. The van der Waals surface area contributed by atoms with Crippen LogP contribution < -0.4 is 5.32 Å². The van der Waals surface area contributed by atoms with Crippen LogP contribution in [0.2, 0.25) is 0 Å². The van der Waals surface area contributed by atoms with Gasteiger partial charge in [0.1, 0.15) is 17.6 Å². The third-order valence-corrected chi connectivity index (χ3v) is 3.97. The van der Waals surface area contributed by atoms with Crippen molar-refractivity contribution in [3.8, 4) is 11.5 Å². The van der Waals surface area contributed by atoms with Crippen LogP contribution in [0.4, 0.5) is 4.39 Å². The normalized spacial score (nSPS) is 12.2. The molecule has 0 amide bonds. The van der Waals surface area contributed by atoms with Gasteiger partial charge in [-0.15, -0.1) is 10.2 Å². The second kappa shape index (κ2) is 7.33. The zero-order valence-corrected chi connectivity index (χ0v) is 13.8. The van der Waals surface area contributed by atoms with E-state index in [1.807, 2.05) is 42.5 Å². The van der Waals surface area contributed by atoms with E-state index in [-0.39, 0.29) is 11.9 Å². The lowest BCUT2D eigenvalue weighted by molar-refractivity contribution is 0.413. The maximum atomic E-state index is 13.3.